The molecule has 0 fully saturated rings. The molecule has 0 atom stereocenters. The molecule has 1 aromatic heterocycles. The number of aromatic nitrogens is 2. The number of carbonyl (C=O) groups is 1. The molecule has 0 saturated carbocycles. The topological polar surface area (TPSA) is 46.9 Å². The van der Waals surface area contributed by atoms with Gasteiger partial charge in [-0.3, -0.25) is 4.79 Å². The standard InChI is InChI=1S/C18H16ClF2N3OS2/c1-26-10-15-22-12-6-2-3-8-14(12)24(15)9-16(25)23-13-7-4-5-11(19)17(13)27-18(20)21/h2-8,18H,9-10H2,1H3,(H,23,25). The number of nitrogens with one attached hydrogen (secondary N) is 1. The van der Waals surface area contributed by atoms with Gasteiger partial charge >= 0.3 is 0 Å². The average molecular weight is 428 g/mol. The minimum absolute atomic E-state index is 0.0295. The number of thioether (sulfide) groups is 2. The monoisotopic (exact) mass is 427 g/mol. The van der Waals surface area contributed by atoms with E-state index >= 15 is 0 Å². The van der Waals surface area contributed by atoms with Gasteiger partial charge in [0.05, 0.1) is 32.4 Å². The highest BCUT2D eigenvalue weighted by molar-refractivity contribution is 7.99. The number of fused-ring (bicyclic) bond motifs is 1. The third kappa shape index (κ3) is 4.75. The lowest BCUT2D eigenvalue weighted by Crippen LogP contribution is -2.20. The maximum atomic E-state index is 12.8. The van der Waals surface area contributed by atoms with Gasteiger partial charge in [-0.15, -0.1) is 0 Å². The first-order valence-electron chi connectivity index (χ1n) is 7.96. The van der Waals surface area contributed by atoms with Crippen LogP contribution in [0.5, 0.6) is 0 Å². The van der Waals surface area contributed by atoms with Crippen LogP contribution in [0, 0.1) is 0 Å². The summed E-state index contributed by atoms with van der Waals surface area (Å²) >= 11 is 7.94. The second kappa shape index (κ2) is 8.95. The average Bonchev–Trinajstić information content (AvgIpc) is 2.95. The van der Waals surface area contributed by atoms with E-state index in [1.165, 1.54) is 6.07 Å². The van der Waals surface area contributed by atoms with Crippen LogP contribution in [0.1, 0.15) is 5.82 Å². The Labute approximate surface area is 168 Å². The highest BCUT2D eigenvalue weighted by atomic mass is 35.5. The minimum atomic E-state index is -2.63. The van der Waals surface area contributed by atoms with E-state index in [1.54, 1.807) is 23.9 Å². The second-order valence-electron chi connectivity index (χ2n) is 5.58. The lowest BCUT2D eigenvalue weighted by Gasteiger charge is -2.13. The maximum Gasteiger partial charge on any atom is 0.289 e. The summed E-state index contributed by atoms with van der Waals surface area (Å²) < 4.78 is 27.5. The largest absolute Gasteiger partial charge is 0.323 e. The van der Waals surface area contributed by atoms with Gasteiger partial charge in [0.2, 0.25) is 5.91 Å². The number of alkyl halides is 2. The van der Waals surface area contributed by atoms with Gasteiger partial charge in [0.15, 0.2) is 0 Å². The lowest BCUT2D eigenvalue weighted by atomic mass is 10.3. The van der Waals surface area contributed by atoms with E-state index in [0.717, 1.165) is 16.9 Å². The van der Waals surface area contributed by atoms with Crippen molar-refractivity contribution in [2.24, 2.45) is 0 Å². The zero-order valence-corrected chi connectivity index (χ0v) is 16.7. The molecule has 4 nitrogen and oxygen atoms in total. The Morgan fingerprint density at radius 3 is 2.78 bits per heavy atom. The van der Waals surface area contributed by atoms with E-state index in [-0.39, 0.29) is 28.1 Å². The number of nitrogens with zero attached hydrogens (tertiary/aromatic N) is 2. The summed E-state index contributed by atoms with van der Waals surface area (Å²) in [6.07, 6.45) is 1.96. The van der Waals surface area contributed by atoms with Crippen LogP contribution in [0.25, 0.3) is 11.0 Å². The highest BCUT2D eigenvalue weighted by Crippen LogP contribution is 2.37. The smallest absolute Gasteiger partial charge is 0.289 e. The zero-order valence-electron chi connectivity index (χ0n) is 14.3. The molecule has 0 aliphatic heterocycles. The molecule has 0 aliphatic rings. The van der Waals surface area contributed by atoms with Crippen molar-refractivity contribution >= 4 is 57.8 Å². The quantitative estimate of drug-likeness (QED) is 0.505. The third-order valence-corrected chi connectivity index (χ3v) is 5.58. The number of hydrogen-bond donors (Lipinski definition) is 1. The molecule has 0 bridgehead atoms. The van der Waals surface area contributed by atoms with Crippen molar-refractivity contribution in [2.45, 2.75) is 23.0 Å². The van der Waals surface area contributed by atoms with Crippen LogP contribution in [-0.2, 0) is 17.1 Å². The number of amides is 1. The summed E-state index contributed by atoms with van der Waals surface area (Å²) in [6, 6.07) is 12.3. The molecule has 27 heavy (non-hydrogen) atoms. The van der Waals surface area contributed by atoms with Gasteiger partial charge in [0.25, 0.3) is 5.76 Å². The molecule has 9 heteroatoms. The first kappa shape index (κ1) is 20.0. The molecule has 2 aromatic carbocycles. The van der Waals surface area contributed by atoms with Gasteiger partial charge in [-0.25, -0.2) is 4.98 Å². The van der Waals surface area contributed by atoms with Crippen molar-refractivity contribution in [2.75, 3.05) is 11.6 Å². The highest BCUT2D eigenvalue weighted by Gasteiger charge is 2.17. The van der Waals surface area contributed by atoms with Crippen molar-refractivity contribution in [3.63, 3.8) is 0 Å². The molecular weight excluding hydrogens is 412 g/mol. The number of para-hydroxylation sites is 2. The molecule has 3 rings (SSSR count). The van der Waals surface area contributed by atoms with Crippen LogP contribution >= 0.6 is 35.1 Å². The first-order chi connectivity index (χ1) is 13.0. The Morgan fingerprint density at radius 2 is 2.04 bits per heavy atom. The van der Waals surface area contributed by atoms with Crippen molar-refractivity contribution in [1.82, 2.24) is 9.55 Å². The zero-order chi connectivity index (χ0) is 19.4. The maximum absolute atomic E-state index is 12.8. The molecule has 0 radical (unpaired) electrons. The molecular formula is C18H16ClF2N3OS2. The number of rotatable bonds is 7. The fraction of sp³-hybridized carbons (Fsp3) is 0.222. The van der Waals surface area contributed by atoms with Gasteiger partial charge in [0, 0.05) is 0 Å². The first-order valence-corrected chi connectivity index (χ1v) is 10.6. The van der Waals surface area contributed by atoms with E-state index < -0.39 is 5.76 Å². The van der Waals surface area contributed by atoms with Crippen molar-refractivity contribution in [1.29, 1.82) is 0 Å². The number of imidazole rings is 1. The van der Waals surface area contributed by atoms with Crippen LogP contribution in [0.3, 0.4) is 0 Å². The molecule has 1 amide bonds. The Morgan fingerprint density at radius 1 is 1.26 bits per heavy atom. The van der Waals surface area contributed by atoms with Gasteiger partial charge in [-0.1, -0.05) is 41.6 Å². The minimum Gasteiger partial charge on any atom is -0.323 e. The van der Waals surface area contributed by atoms with Gasteiger partial charge in [-0.05, 0) is 30.5 Å². The third-order valence-electron chi connectivity index (χ3n) is 3.76. The summed E-state index contributed by atoms with van der Waals surface area (Å²) in [5.41, 5.74) is 1.93. The fourth-order valence-electron chi connectivity index (χ4n) is 2.69. The Kier molecular flexibility index (Phi) is 6.62. The summed E-state index contributed by atoms with van der Waals surface area (Å²) in [5.74, 6) is -1.52. The van der Waals surface area contributed by atoms with Crippen molar-refractivity contribution in [3.8, 4) is 0 Å². The van der Waals surface area contributed by atoms with Crippen molar-refractivity contribution in [3.05, 3.63) is 53.3 Å². The van der Waals surface area contributed by atoms with Crippen LogP contribution < -0.4 is 5.32 Å². The van der Waals surface area contributed by atoms with Crippen LogP contribution in [0.4, 0.5) is 14.5 Å². The van der Waals surface area contributed by atoms with E-state index in [1.807, 2.05) is 35.1 Å². The summed E-state index contributed by atoms with van der Waals surface area (Å²) in [7, 11) is 0. The normalized spacial score (nSPS) is 11.3. The molecule has 1 N–H and O–H groups in total. The number of carbonyl (C=O) groups excluding carboxylic acids is 1. The Balaban J connectivity index is 1.86. The number of benzene rings is 2. The Hall–Kier alpha value is -1.77. The van der Waals surface area contributed by atoms with Gasteiger partial charge in [-0.2, -0.15) is 20.5 Å². The number of anilines is 1. The Bertz CT molecular complexity index is 965. The molecule has 0 saturated heterocycles. The van der Waals surface area contributed by atoms with E-state index in [2.05, 4.69) is 10.3 Å². The lowest BCUT2D eigenvalue weighted by molar-refractivity contribution is -0.116. The SMILES string of the molecule is CSCc1nc2ccccc2n1CC(=O)Nc1cccc(Cl)c1SC(F)F. The van der Waals surface area contributed by atoms with Crippen LogP contribution in [-0.4, -0.2) is 27.5 Å². The second-order valence-corrected chi connectivity index (χ2v) is 7.85. The van der Waals surface area contributed by atoms with E-state index in [4.69, 9.17) is 11.6 Å². The number of halogens is 3. The molecule has 3 aromatic rings. The summed E-state index contributed by atoms with van der Waals surface area (Å²) in [5, 5.41) is 2.87. The molecule has 0 unspecified atom stereocenters. The predicted molar refractivity (Wildman–Crippen MR) is 109 cm³/mol. The predicted octanol–water partition coefficient (Wildman–Crippen LogP) is 5.51. The van der Waals surface area contributed by atoms with Gasteiger partial charge < -0.3 is 9.88 Å². The van der Waals surface area contributed by atoms with Crippen LogP contribution in [0.15, 0.2) is 47.4 Å². The number of hydrogen-bond acceptors (Lipinski definition) is 4. The molecule has 1 heterocycles. The van der Waals surface area contributed by atoms with E-state index in [0.29, 0.717) is 17.5 Å². The summed E-state index contributed by atoms with van der Waals surface area (Å²) in [4.78, 5) is 17.3. The van der Waals surface area contributed by atoms with E-state index in [9.17, 15) is 13.6 Å². The fourth-order valence-corrected chi connectivity index (χ4v) is 4.08. The van der Waals surface area contributed by atoms with Crippen molar-refractivity contribution < 1.29 is 13.6 Å². The molecule has 0 aliphatic carbocycles. The van der Waals surface area contributed by atoms with Gasteiger partial charge in [0.1, 0.15) is 12.4 Å². The summed E-state index contributed by atoms with van der Waals surface area (Å²) in [6.45, 7) is 0.0295. The molecule has 0 spiro atoms. The molecule has 142 valence electrons. The van der Waals surface area contributed by atoms with Crippen LogP contribution in [0.2, 0.25) is 5.02 Å².